The van der Waals surface area contributed by atoms with Crippen LogP contribution >= 0.6 is 0 Å². The van der Waals surface area contributed by atoms with Gasteiger partial charge in [0, 0.05) is 12.6 Å². The van der Waals surface area contributed by atoms with Crippen LogP contribution in [0.4, 0.5) is 0 Å². The van der Waals surface area contributed by atoms with Gasteiger partial charge in [0.05, 0.1) is 0 Å². The van der Waals surface area contributed by atoms with Gasteiger partial charge in [0.1, 0.15) is 12.4 Å². The molecule has 0 fully saturated rings. The molecule has 1 aliphatic rings. The van der Waals surface area contributed by atoms with E-state index < -0.39 is 0 Å². The van der Waals surface area contributed by atoms with Crippen molar-refractivity contribution in [2.45, 2.75) is 25.3 Å². The Bertz CT molecular complexity index is 376. The second kappa shape index (κ2) is 5.52. The molecule has 1 aliphatic carbocycles. The van der Waals surface area contributed by atoms with E-state index in [0.717, 1.165) is 31.7 Å². The molecule has 2 rings (SSSR count). The molecule has 0 aromatic heterocycles. The smallest absolute Gasteiger partial charge is 0.119 e. The Morgan fingerprint density at radius 2 is 2.24 bits per heavy atom. The summed E-state index contributed by atoms with van der Waals surface area (Å²) < 4.78 is 5.73. The number of hydrogen-bond acceptors (Lipinski definition) is 3. The second-order valence-electron chi connectivity index (χ2n) is 5.01. The van der Waals surface area contributed by atoms with Crippen LogP contribution in [0.1, 0.15) is 30.0 Å². The standard InChI is InChI=1S/C14H22N2O/c1-16(2)8-9-17-12-7-6-11-4-3-5-14(15)13(11)10-12/h6-7,10,14H,3-5,8-9,15H2,1-2H3/t14-/m0/s1. The van der Waals surface area contributed by atoms with Crippen molar-refractivity contribution < 1.29 is 4.74 Å². The van der Waals surface area contributed by atoms with Crippen LogP contribution in [0.5, 0.6) is 5.75 Å². The van der Waals surface area contributed by atoms with Crippen LogP contribution in [0.2, 0.25) is 0 Å². The van der Waals surface area contributed by atoms with Crippen LogP contribution in [0.25, 0.3) is 0 Å². The van der Waals surface area contributed by atoms with Gasteiger partial charge in [0.25, 0.3) is 0 Å². The Kier molecular flexibility index (Phi) is 4.02. The maximum Gasteiger partial charge on any atom is 0.119 e. The minimum atomic E-state index is 0.191. The number of fused-ring (bicyclic) bond motifs is 1. The van der Waals surface area contributed by atoms with E-state index in [1.807, 2.05) is 14.1 Å². The fourth-order valence-electron chi connectivity index (χ4n) is 2.25. The number of ether oxygens (including phenoxy) is 1. The number of benzene rings is 1. The van der Waals surface area contributed by atoms with Crippen LogP contribution in [0, 0.1) is 0 Å². The number of nitrogens with zero attached hydrogens (tertiary/aromatic N) is 1. The van der Waals surface area contributed by atoms with Crippen LogP contribution in [0.3, 0.4) is 0 Å². The first-order valence-corrected chi connectivity index (χ1v) is 6.33. The maximum absolute atomic E-state index is 6.13. The lowest BCUT2D eigenvalue weighted by molar-refractivity contribution is 0.261. The van der Waals surface area contributed by atoms with E-state index in [-0.39, 0.29) is 6.04 Å². The van der Waals surface area contributed by atoms with E-state index >= 15 is 0 Å². The third-order valence-corrected chi connectivity index (χ3v) is 3.29. The zero-order valence-electron chi connectivity index (χ0n) is 10.8. The van der Waals surface area contributed by atoms with Gasteiger partial charge in [0.2, 0.25) is 0 Å². The number of rotatable bonds is 4. The first kappa shape index (κ1) is 12.4. The van der Waals surface area contributed by atoms with Crippen molar-refractivity contribution in [3.63, 3.8) is 0 Å². The topological polar surface area (TPSA) is 38.5 Å². The van der Waals surface area contributed by atoms with E-state index in [4.69, 9.17) is 10.5 Å². The SMILES string of the molecule is CN(C)CCOc1ccc2c(c1)[C@@H](N)CCC2. The van der Waals surface area contributed by atoms with Crippen molar-refractivity contribution >= 4 is 0 Å². The predicted molar refractivity (Wildman–Crippen MR) is 70.4 cm³/mol. The third kappa shape index (κ3) is 3.20. The van der Waals surface area contributed by atoms with E-state index in [0.29, 0.717) is 0 Å². The van der Waals surface area contributed by atoms with Gasteiger partial charge >= 0.3 is 0 Å². The van der Waals surface area contributed by atoms with Crippen molar-refractivity contribution in [2.24, 2.45) is 5.73 Å². The summed E-state index contributed by atoms with van der Waals surface area (Å²) in [7, 11) is 4.10. The minimum absolute atomic E-state index is 0.191. The molecule has 17 heavy (non-hydrogen) atoms. The molecule has 0 spiro atoms. The van der Waals surface area contributed by atoms with Gasteiger partial charge in [0.15, 0.2) is 0 Å². The summed E-state index contributed by atoms with van der Waals surface area (Å²) in [6.07, 6.45) is 3.45. The fraction of sp³-hybridized carbons (Fsp3) is 0.571. The molecule has 0 heterocycles. The highest BCUT2D eigenvalue weighted by Crippen LogP contribution is 2.30. The summed E-state index contributed by atoms with van der Waals surface area (Å²) in [5.41, 5.74) is 8.80. The molecule has 0 saturated carbocycles. The van der Waals surface area contributed by atoms with Crippen molar-refractivity contribution in [3.05, 3.63) is 29.3 Å². The molecule has 1 aromatic carbocycles. The molecule has 94 valence electrons. The van der Waals surface area contributed by atoms with Crippen LogP contribution in [-0.4, -0.2) is 32.1 Å². The molecule has 2 N–H and O–H groups in total. The van der Waals surface area contributed by atoms with Crippen molar-refractivity contribution in [2.75, 3.05) is 27.2 Å². The zero-order valence-corrected chi connectivity index (χ0v) is 10.8. The molecule has 1 aromatic rings. The number of nitrogens with two attached hydrogens (primary N) is 1. The van der Waals surface area contributed by atoms with Crippen LogP contribution < -0.4 is 10.5 Å². The molecular formula is C14H22N2O. The average molecular weight is 234 g/mol. The zero-order chi connectivity index (χ0) is 12.3. The summed E-state index contributed by atoms with van der Waals surface area (Å²) in [5, 5.41) is 0. The molecule has 0 aliphatic heterocycles. The van der Waals surface area contributed by atoms with Gasteiger partial charge in [-0.25, -0.2) is 0 Å². The lowest BCUT2D eigenvalue weighted by Gasteiger charge is -2.23. The van der Waals surface area contributed by atoms with Crippen LogP contribution in [0.15, 0.2) is 18.2 Å². The summed E-state index contributed by atoms with van der Waals surface area (Å²) in [4.78, 5) is 2.12. The molecular weight excluding hydrogens is 212 g/mol. The molecule has 0 saturated heterocycles. The minimum Gasteiger partial charge on any atom is -0.492 e. The van der Waals surface area contributed by atoms with Crippen molar-refractivity contribution in [3.8, 4) is 5.75 Å². The maximum atomic E-state index is 6.13. The van der Waals surface area contributed by atoms with E-state index in [1.165, 1.54) is 17.5 Å². The highest BCUT2D eigenvalue weighted by molar-refractivity contribution is 5.39. The normalized spacial score (nSPS) is 19.2. The lowest BCUT2D eigenvalue weighted by atomic mass is 9.88. The monoisotopic (exact) mass is 234 g/mol. The highest BCUT2D eigenvalue weighted by Gasteiger charge is 2.17. The van der Waals surface area contributed by atoms with Gasteiger partial charge in [-0.1, -0.05) is 6.07 Å². The Morgan fingerprint density at radius 1 is 1.41 bits per heavy atom. The van der Waals surface area contributed by atoms with Gasteiger partial charge in [-0.15, -0.1) is 0 Å². The number of likely N-dealkylation sites (N-methyl/N-ethyl adjacent to an activating group) is 1. The quantitative estimate of drug-likeness (QED) is 0.865. The van der Waals surface area contributed by atoms with E-state index in [2.05, 4.69) is 23.1 Å². The summed E-state index contributed by atoms with van der Waals surface area (Å²) in [6.45, 7) is 1.66. The largest absolute Gasteiger partial charge is 0.492 e. The van der Waals surface area contributed by atoms with Crippen molar-refractivity contribution in [1.82, 2.24) is 4.90 Å². The first-order valence-electron chi connectivity index (χ1n) is 6.33. The first-order chi connectivity index (χ1) is 8.16. The predicted octanol–water partition coefficient (Wildman–Crippen LogP) is 1.96. The summed E-state index contributed by atoms with van der Waals surface area (Å²) in [5.74, 6) is 0.947. The molecule has 0 radical (unpaired) electrons. The average Bonchev–Trinajstić information content (AvgIpc) is 2.30. The molecule has 0 bridgehead atoms. The molecule has 3 nitrogen and oxygen atoms in total. The third-order valence-electron chi connectivity index (χ3n) is 3.29. The highest BCUT2D eigenvalue weighted by atomic mass is 16.5. The second-order valence-corrected chi connectivity index (χ2v) is 5.01. The molecule has 1 atom stereocenters. The Balaban J connectivity index is 2.02. The number of aryl methyl sites for hydroxylation is 1. The lowest BCUT2D eigenvalue weighted by Crippen LogP contribution is -2.20. The van der Waals surface area contributed by atoms with E-state index in [9.17, 15) is 0 Å². The Labute approximate surface area is 104 Å². The van der Waals surface area contributed by atoms with Crippen molar-refractivity contribution in [1.29, 1.82) is 0 Å². The van der Waals surface area contributed by atoms with Gasteiger partial charge in [-0.2, -0.15) is 0 Å². The van der Waals surface area contributed by atoms with Gasteiger partial charge in [-0.3, -0.25) is 0 Å². The van der Waals surface area contributed by atoms with Crippen LogP contribution in [-0.2, 0) is 6.42 Å². The van der Waals surface area contributed by atoms with Gasteiger partial charge in [-0.05, 0) is 56.6 Å². The molecule has 0 unspecified atom stereocenters. The Hall–Kier alpha value is -1.06. The molecule has 3 heteroatoms. The Morgan fingerprint density at radius 3 is 3.00 bits per heavy atom. The number of hydrogen-bond donors (Lipinski definition) is 1. The fourth-order valence-corrected chi connectivity index (χ4v) is 2.25. The molecule has 0 amide bonds. The summed E-state index contributed by atoms with van der Waals surface area (Å²) >= 11 is 0. The van der Waals surface area contributed by atoms with E-state index in [1.54, 1.807) is 0 Å². The van der Waals surface area contributed by atoms with Gasteiger partial charge < -0.3 is 15.4 Å². The summed E-state index contributed by atoms with van der Waals surface area (Å²) in [6, 6.07) is 6.54.